The number of carboxylic acids is 1. The van der Waals surface area contributed by atoms with Crippen LogP contribution < -0.4 is 4.90 Å². The molecule has 1 N–H and O–H groups in total. The minimum Gasteiger partial charge on any atom is -0.481 e. The van der Waals surface area contributed by atoms with E-state index in [1.54, 1.807) is 18.3 Å². The molecular weight excluding hydrogens is 250 g/mol. The molecule has 1 unspecified atom stereocenters. The molecule has 0 aliphatic rings. The van der Waals surface area contributed by atoms with Crippen LogP contribution in [0.15, 0.2) is 0 Å². The molecular formula is C12H21N3O2S. The topological polar surface area (TPSA) is 66.3 Å². The molecule has 0 saturated carbocycles. The Kier molecular flexibility index (Phi) is 6.04. The Balaban J connectivity index is 2.73. The molecule has 0 aliphatic carbocycles. The standard InChI is InChI=1S/C12H21N3O2S/c1-4-6-7-15(8-9(3)11(16)17)12-14-13-10(5-2)18-12/h9H,4-8H2,1-3H3,(H,16,17). The lowest BCUT2D eigenvalue weighted by Gasteiger charge is -2.22. The zero-order chi connectivity index (χ0) is 13.5. The number of hydrogen-bond donors (Lipinski definition) is 1. The van der Waals surface area contributed by atoms with Crippen LogP contribution in [0.1, 0.15) is 38.6 Å². The van der Waals surface area contributed by atoms with Gasteiger partial charge in [-0.1, -0.05) is 38.5 Å². The number of hydrogen-bond acceptors (Lipinski definition) is 5. The molecule has 0 radical (unpaired) electrons. The van der Waals surface area contributed by atoms with Crippen LogP contribution in [0, 0.1) is 5.92 Å². The second-order valence-electron chi connectivity index (χ2n) is 4.37. The van der Waals surface area contributed by atoms with Crippen molar-refractivity contribution >= 4 is 22.4 Å². The van der Waals surface area contributed by atoms with Gasteiger partial charge in [-0.15, -0.1) is 10.2 Å². The predicted molar refractivity (Wildman–Crippen MR) is 73.2 cm³/mol. The molecule has 102 valence electrons. The summed E-state index contributed by atoms with van der Waals surface area (Å²) >= 11 is 1.56. The Hall–Kier alpha value is -1.17. The molecule has 1 aromatic rings. The second-order valence-corrected chi connectivity index (χ2v) is 5.41. The Morgan fingerprint density at radius 2 is 2.17 bits per heavy atom. The maximum Gasteiger partial charge on any atom is 0.308 e. The van der Waals surface area contributed by atoms with Crippen LogP contribution in [0.25, 0.3) is 0 Å². The van der Waals surface area contributed by atoms with Crippen molar-refractivity contribution in [2.45, 2.75) is 40.0 Å². The zero-order valence-corrected chi connectivity index (χ0v) is 12.0. The molecule has 0 aromatic carbocycles. The Bertz CT molecular complexity index is 381. The fourth-order valence-electron chi connectivity index (χ4n) is 1.54. The molecule has 0 aliphatic heterocycles. The van der Waals surface area contributed by atoms with E-state index in [2.05, 4.69) is 17.1 Å². The first kappa shape index (κ1) is 14.9. The Labute approximate surface area is 112 Å². The number of aliphatic carboxylic acids is 1. The number of rotatable bonds is 8. The van der Waals surface area contributed by atoms with Gasteiger partial charge in [-0.2, -0.15) is 0 Å². The van der Waals surface area contributed by atoms with Gasteiger partial charge < -0.3 is 10.0 Å². The average Bonchev–Trinajstić information content (AvgIpc) is 2.82. The number of anilines is 1. The van der Waals surface area contributed by atoms with Crippen LogP contribution >= 0.6 is 11.3 Å². The van der Waals surface area contributed by atoms with Crippen LogP contribution in [0.5, 0.6) is 0 Å². The van der Waals surface area contributed by atoms with Crippen molar-refractivity contribution < 1.29 is 9.90 Å². The van der Waals surface area contributed by atoms with E-state index in [9.17, 15) is 4.79 Å². The minimum absolute atomic E-state index is 0.393. The molecule has 0 fully saturated rings. The first-order valence-corrected chi connectivity index (χ1v) is 7.20. The van der Waals surface area contributed by atoms with Crippen molar-refractivity contribution in [1.29, 1.82) is 0 Å². The largest absolute Gasteiger partial charge is 0.481 e. The molecule has 18 heavy (non-hydrogen) atoms. The average molecular weight is 271 g/mol. The Morgan fingerprint density at radius 3 is 2.67 bits per heavy atom. The fraction of sp³-hybridized carbons (Fsp3) is 0.750. The highest BCUT2D eigenvalue weighted by atomic mass is 32.1. The summed E-state index contributed by atoms with van der Waals surface area (Å²) in [6.07, 6.45) is 2.98. The third kappa shape index (κ3) is 4.25. The van der Waals surface area contributed by atoms with E-state index in [-0.39, 0.29) is 0 Å². The molecule has 0 amide bonds. The van der Waals surface area contributed by atoms with Gasteiger partial charge in [-0.3, -0.25) is 4.79 Å². The van der Waals surface area contributed by atoms with Crippen molar-refractivity contribution in [2.24, 2.45) is 5.92 Å². The van der Waals surface area contributed by atoms with Crippen molar-refractivity contribution in [3.8, 4) is 0 Å². The number of nitrogens with zero attached hydrogens (tertiary/aromatic N) is 3. The molecule has 6 heteroatoms. The van der Waals surface area contributed by atoms with E-state index < -0.39 is 11.9 Å². The van der Waals surface area contributed by atoms with E-state index in [0.717, 1.165) is 35.9 Å². The maximum atomic E-state index is 10.9. The summed E-state index contributed by atoms with van der Waals surface area (Å²) < 4.78 is 0. The fourth-order valence-corrected chi connectivity index (χ4v) is 2.35. The smallest absolute Gasteiger partial charge is 0.308 e. The summed E-state index contributed by atoms with van der Waals surface area (Å²) in [7, 11) is 0. The lowest BCUT2D eigenvalue weighted by molar-refractivity contribution is -0.140. The summed E-state index contributed by atoms with van der Waals surface area (Å²) in [5.41, 5.74) is 0. The first-order valence-electron chi connectivity index (χ1n) is 6.38. The van der Waals surface area contributed by atoms with Crippen molar-refractivity contribution in [3.05, 3.63) is 5.01 Å². The molecule has 1 heterocycles. The normalized spacial score (nSPS) is 12.4. The van der Waals surface area contributed by atoms with E-state index in [1.807, 2.05) is 11.8 Å². The number of carboxylic acid groups (broad SMARTS) is 1. The van der Waals surface area contributed by atoms with Gasteiger partial charge in [-0.05, 0) is 12.8 Å². The van der Waals surface area contributed by atoms with Gasteiger partial charge >= 0.3 is 5.97 Å². The van der Waals surface area contributed by atoms with E-state index in [1.165, 1.54) is 0 Å². The van der Waals surface area contributed by atoms with Gasteiger partial charge in [-0.25, -0.2) is 0 Å². The molecule has 0 saturated heterocycles. The van der Waals surface area contributed by atoms with Crippen molar-refractivity contribution in [3.63, 3.8) is 0 Å². The summed E-state index contributed by atoms with van der Waals surface area (Å²) in [6, 6.07) is 0. The third-order valence-electron chi connectivity index (χ3n) is 2.73. The van der Waals surface area contributed by atoms with Crippen LogP contribution in [0.4, 0.5) is 5.13 Å². The van der Waals surface area contributed by atoms with Gasteiger partial charge in [0.25, 0.3) is 0 Å². The highest BCUT2D eigenvalue weighted by Crippen LogP contribution is 2.22. The molecule has 0 bridgehead atoms. The number of aryl methyl sites for hydroxylation is 1. The second kappa shape index (κ2) is 7.31. The van der Waals surface area contributed by atoms with E-state index in [0.29, 0.717) is 6.54 Å². The lowest BCUT2D eigenvalue weighted by atomic mass is 10.1. The van der Waals surface area contributed by atoms with Crippen molar-refractivity contribution in [2.75, 3.05) is 18.0 Å². The monoisotopic (exact) mass is 271 g/mol. The highest BCUT2D eigenvalue weighted by molar-refractivity contribution is 7.15. The minimum atomic E-state index is -0.767. The highest BCUT2D eigenvalue weighted by Gasteiger charge is 2.19. The number of aromatic nitrogens is 2. The SMILES string of the molecule is CCCCN(CC(C)C(=O)O)c1nnc(CC)s1. The molecule has 1 rings (SSSR count). The quantitative estimate of drug-likeness (QED) is 0.786. The van der Waals surface area contributed by atoms with Crippen LogP contribution in [0.3, 0.4) is 0 Å². The van der Waals surface area contributed by atoms with Gasteiger partial charge in [0.15, 0.2) is 0 Å². The molecule has 5 nitrogen and oxygen atoms in total. The van der Waals surface area contributed by atoms with Gasteiger partial charge in [0, 0.05) is 13.1 Å². The van der Waals surface area contributed by atoms with Crippen LogP contribution in [-0.2, 0) is 11.2 Å². The zero-order valence-electron chi connectivity index (χ0n) is 11.2. The summed E-state index contributed by atoms with van der Waals surface area (Å²) in [4.78, 5) is 13.0. The van der Waals surface area contributed by atoms with E-state index in [4.69, 9.17) is 5.11 Å². The van der Waals surface area contributed by atoms with Crippen LogP contribution in [-0.4, -0.2) is 34.4 Å². The molecule has 0 spiro atoms. The van der Waals surface area contributed by atoms with E-state index >= 15 is 0 Å². The van der Waals surface area contributed by atoms with Gasteiger partial charge in [0.1, 0.15) is 5.01 Å². The third-order valence-corrected chi connectivity index (χ3v) is 3.85. The Morgan fingerprint density at radius 1 is 1.44 bits per heavy atom. The lowest BCUT2D eigenvalue weighted by Crippen LogP contribution is -2.32. The number of unbranched alkanes of at least 4 members (excludes halogenated alkanes) is 1. The predicted octanol–water partition coefficient (Wildman–Crippen LogP) is 2.43. The van der Waals surface area contributed by atoms with Gasteiger partial charge in [0.05, 0.1) is 5.92 Å². The summed E-state index contributed by atoms with van der Waals surface area (Å²) in [6.45, 7) is 7.22. The van der Waals surface area contributed by atoms with Gasteiger partial charge in [0.2, 0.25) is 5.13 Å². The van der Waals surface area contributed by atoms with Crippen LogP contribution in [0.2, 0.25) is 0 Å². The molecule has 1 aromatic heterocycles. The summed E-state index contributed by atoms with van der Waals surface area (Å²) in [5, 5.41) is 19.1. The summed E-state index contributed by atoms with van der Waals surface area (Å²) in [5.74, 6) is -1.16. The maximum absolute atomic E-state index is 10.9. The number of carbonyl (C=O) groups is 1. The van der Waals surface area contributed by atoms with Crippen molar-refractivity contribution in [1.82, 2.24) is 10.2 Å². The first-order chi connectivity index (χ1) is 8.58. The molecule has 1 atom stereocenters.